The number of hydrogen-bond donors (Lipinski definition) is 1. The summed E-state index contributed by atoms with van der Waals surface area (Å²) in [5.41, 5.74) is 8.17. The second kappa shape index (κ2) is 19.0. The van der Waals surface area contributed by atoms with E-state index in [1.165, 1.54) is 20.1 Å². The van der Waals surface area contributed by atoms with Crippen LogP contribution >= 0.6 is 0 Å². The van der Waals surface area contributed by atoms with Gasteiger partial charge in [0, 0.05) is 0 Å². The SMILES string of the molecule is Cc1ccc2c(c1)Oc1cc(O/C=C/C[Se]c3cccnc3)ccc1[C@@]21OCc2ccccc21.Oc1ccc2c(c1)Oc1cc(O/C=C/C[Se]c3cccnc3)ccc1C21OCc2ccccc21. The number of phenols is 1. The van der Waals surface area contributed by atoms with Gasteiger partial charge in [-0.05, 0) is 0 Å². The minimum atomic E-state index is -0.784. The molecule has 0 amide bonds. The Bertz CT molecular complexity index is 2990. The molecule has 0 saturated carbocycles. The van der Waals surface area contributed by atoms with Crippen LogP contribution in [0.3, 0.4) is 0 Å². The van der Waals surface area contributed by atoms with Crippen molar-refractivity contribution in [3.05, 3.63) is 245 Å². The molecular formula is C57H44N2O7Se2. The zero-order chi connectivity index (χ0) is 45.9. The van der Waals surface area contributed by atoms with Crippen LogP contribution in [0.1, 0.15) is 50.1 Å². The maximum absolute atomic E-state index is 10.1. The summed E-state index contributed by atoms with van der Waals surface area (Å²) in [4.78, 5) is 8.33. The number of allylic oxidation sites excluding steroid dienone is 2. The first-order valence-corrected chi connectivity index (χ1v) is 26.3. The Morgan fingerprint density at radius 2 is 1.00 bits per heavy atom. The molecule has 1 N–H and O–H groups in total. The van der Waals surface area contributed by atoms with E-state index in [1.807, 2.05) is 79.1 Å². The van der Waals surface area contributed by atoms with Crippen molar-refractivity contribution in [2.24, 2.45) is 0 Å². The third kappa shape index (κ3) is 8.28. The van der Waals surface area contributed by atoms with Crippen LogP contribution in [0.4, 0.5) is 0 Å². The number of nitrogens with zero attached hydrogens (tertiary/aromatic N) is 2. The van der Waals surface area contributed by atoms with Crippen LogP contribution in [0.2, 0.25) is 10.6 Å². The molecule has 11 heteroatoms. The second-order valence-corrected chi connectivity index (χ2v) is 21.0. The molecule has 6 aromatic carbocycles. The van der Waals surface area contributed by atoms with E-state index < -0.39 is 11.2 Å². The summed E-state index contributed by atoms with van der Waals surface area (Å²) < 4.78 is 40.1. The standard InChI is InChI=1S/C29H23NO3Se.C28H21NO4Se/c1-20-9-11-25-27(16-20)33-28-17-22(31-14-5-15-34-23-7-4-13-30-18-23)10-12-26(28)29(25)24-8-3-2-6-21(24)19-32-29;30-20-8-10-24-26(15-20)33-27-16-21(31-13-4-14-34-22-6-3-12-29-17-22)9-11-25(27)28(24)23-7-2-1-5-19(23)18-32-28/h2-14,16-18H,15,19H2,1H3;1-13,15-17,30H,14,18H2/b14-5+;13-4+/t29-;/m0./s1. The van der Waals surface area contributed by atoms with Crippen molar-refractivity contribution in [3.8, 4) is 40.2 Å². The summed E-state index contributed by atoms with van der Waals surface area (Å²) >= 11 is 0.659. The monoisotopic (exact) mass is 1030 g/mol. The molecule has 0 saturated heterocycles. The summed E-state index contributed by atoms with van der Waals surface area (Å²) in [6, 6.07) is 48.2. The average molecular weight is 1030 g/mol. The Kier molecular flexibility index (Phi) is 12.2. The fourth-order valence-corrected chi connectivity index (χ4v) is 12.0. The Labute approximate surface area is 407 Å². The third-order valence-electron chi connectivity index (χ3n) is 12.2. The van der Waals surface area contributed by atoms with Crippen molar-refractivity contribution < 1.29 is 33.5 Å². The van der Waals surface area contributed by atoms with Crippen LogP contribution < -0.4 is 27.9 Å². The molecule has 4 aliphatic heterocycles. The van der Waals surface area contributed by atoms with Gasteiger partial charge in [0.15, 0.2) is 0 Å². The molecule has 2 aromatic heterocycles. The van der Waals surface area contributed by atoms with Gasteiger partial charge in [0.05, 0.1) is 0 Å². The van der Waals surface area contributed by atoms with Gasteiger partial charge >= 0.3 is 398 Å². The quantitative estimate of drug-likeness (QED) is 0.106. The molecule has 6 heterocycles. The number of benzene rings is 6. The molecule has 8 aromatic rings. The molecule has 68 heavy (non-hydrogen) atoms. The number of rotatable bonds is 10. The van der Waals surface area contributed by atoms with Crippen molar-refractivity contribution in [2.75, 3.05) is 0 Å². The number of fused-ring (bicyclic) bond motifs is 12. The Hall–Kier alpha value is -6.94. The zero-order valence-electron chi connectivity index (χ0n) is 36.9. The van der Waals surface area contributed by atoms with Crippen LogP contribution in [0.25, 0.3) is 0 Å². The number of aromatic nitrogens is 2. The fourth-order valence-electron chi connectivity index (χ4n) is 9.20. The summed E-state index contributed by atoms with van der Waals surface area (Å²) in [5.74, 6) is 4.39. The molecule has 2 atom stereocenters. The number of hydrogen-bond acceptors (Lipinski definition) is 9. The first-order chi connectivity index (χ1) is 33.5. The number of aromatic hydroxyl groups is 1. The Balaban J connectivity index is 0.000000149. The zero-order valence-corrected chi connectivity index (χ0v) is 40.3. The van der Waals surface area contributed by atoms with E-state index in [2.05, 4.69) is 95.8 Å². The predicted molar refractivity (Wildman–Crippen MR) is 263 cm³/mol. The molecule has 336 valence electrons. The molecule has 4 aliphatic rings. The molecule has 0 radical (unpaired) electrons. The minimum absolute atomic E-state index is 0.148. The van der Waals surface area contributed by atoms with Gasteiger partial charge in [-0.3, -0.25) is 0 Å². The van der Waals surface area contributed by atoms with Crippen LogP contribution in [0.15, 0.2) is 195 Å². The molecular weight excluding hydrogens is 983 g/mol. The molecule has 9 nitrogen and oxygen atoms in total. The summed E-state index contributed by atoms with van der Waals surface area (Å²) in [6.45, 7) is 3.16. The van der Waals surface area contributed by atoms with Gasteiger partial charge in [0.2, 0.25) is 0 Å². The van der Waals surface area contributed by atoms with Crippen molar-refractivity contribution in [3.63, 3.8) is 0 Å². The molecule has 0 aliphatic carbocycles. The number of phenolic OH excluding ortho intramolecular Hbond substituents is 1. The van der Waals surface area contributed by atoms with Crippen molar-refractivity contribution in [1.82, 2.24) is 9.97 Å². The van der Waals surface area contributed by atoms with Gasteiger partial charge in [-0.25, -0.2) is 0 Å². The number of aryl methyl sites for hydroxylation is 1. The van der Waals surface area contributed by atoms with E-state index in [0.717, 1.165) is 66.8 Å². The summed E-state index contributed by atoms with van der Waals surface area (Å²) in [5, 5.41) is 12.0. The third-order valence-corrected chi connectivity index (χ3v) is 16.1. The summed E-state index contributed by atoms with van der Waals surface area (Å²) in [7, 11) is 0. The van der Waals surface area contributed by atoms with Crippen LogP contribution in [0.5, 0.6) is 40.2 Å². The van der Waals surface area contributed by atoms with Gasteiger partial charge in [0.25, 0.3) is 0 Å². The van der Waals surface area contributed by atoms with Crippen LogP contribution in [-0.2, 0) is 33.9 Å². The number of pyridine rings is 2. The average Bonchev–Trinajstić information content (AvgIpc) is 3.94. The van der Waals surface area contributed by atoms with E-state index in [1.54, 1.807) is 37.1 Å². The molecule has 1 unspecified atom stereocenters. The first kappa shape index (κ1) is 43.6. The van der Waals surface area contributed by atoms with Crippen molar-refractivity contribution in [1.29, 1.82) is 0 Å². The maximum atomic E-state index is 10.1. The van der Waals surface area contributed by atoms with Gasteiger partial charge in [-0.1, -0.05) is 12.1 Å². The van der Waals surface area contributed by atoms with E-state index in [4.69, 9.17) is 28.4 Å². The Morgan fingerprint density at radius 1 is 0.529 bits per heavy atom. The van der Waals surface area contributed by atoms with E-state index in [-0.39, 0.29) is 5.75 Å². The molecule has 0 fully saturated rings. The number of ether oxygens (including phenoxy) is 6. The van der Waals surface area contributed by atoms with Gasteiger partial charge in [-0.15, -0.1) is 0 Å². The normalized spacial score (nSPS) is 17.8. The van der Waals surface area contributed by atoms with Gasteiger partial charge < -0.3 is 0 Å². The molecule has 12 rings (SSSR count). The van der Waals surface area contributed by atoms with Gasteiger partial charge in [0.1, 0.15) is 0 Å². The topological polar surface area (TPSA) is 101 Å². The van der Waals surface area contributed by atoms with Crippen molar-refractivity contribution >= 4 is 38.8 Å². The van der Waals surface area contributed by atoms with E-state index in [9.17, 15) is 5.11 Å². The molecule has 2 spiro atoms. The van der Waals surface area contributed by atoms with Crippen LogP contribution in [0, 0.1) is 6.92 Å². The summed E-state index contributed by atoms with van der Waals surface area (Å²) in [6.07, 6.45) is 15.0. The predicted octanol–water partition coefficient (Wildman–Crippen LogP) is 10.7. The first-order valence-electron chi connectivity index (χ1n) is 22.2. The molecule has 0 bridgehead atoms. The van der Waals surface area contributed by atoms with E-state index in [0.29, 0.717) is 60.4 Å². The van der Waals surface area contributed by atoms with Crippen LogP contribution in [-0.4, -0.2) is 45.0 Å². The fraction of sp³-hybridized carbons (Fsp3) is 0.123. The Morgan fingerprint density at radius 3 is 1.51 bits per heavy atom. The van der Waals surface area contributed by atoms with Crippen molar-refractivity contribution in [2.45, 2.75) is 42.0 Å². The van der Waals surface area contributed by atoms with Gasteiger partial charge in [-0.2, -0.15) is 0 Å². The second-order valence-electron chi connectivity index (χ2n) is 16.4. The van der Waals surface area contributed by atoms with E-state index >= 15 is 0 Å².